The molecule has 0 radical (unpaired) electrons. The smallest absolute Gasteiger partial charge is 0.287 e. The van der Waals surface area contributed by atoms with Crippen LogP contribution in [0.3, 0.4) is 0 Å². The van der Waals surface area contributed by atoms with Gasteiger partial charge >= 0.3 is 0 Å². The van der Waals surface area contributed by atoms with E-state index in [0.29, 0.717) is 35.6 Å². The second kappa shape index (κ2) is 7.76. The standard InChI is InChI=1S/C18H18N4O3S/c23-17(15-6-5-13(25-15)10-26-18-20-11-21-22-18)19-9-16-14-4-2-1-3-12(14)7-8-24-16/h1-6,11,16H,7-10H2,(H,19,23)(H,20,21,22)/t16-/m1/s1. The molecule has 8 heteroatoms. The minimum absolute atomic E-state index is 0.125. The van der Waals surface area contributed by atoms with E-state index in [4.69, 9.17) is 9.15 Å². The molecule has 0 fully saturated rings. The molecular formula is C18H18N4O3S. The predicted octanol–water partition coefficient (Wildman–Crippen LogP) is 2.73. The van der Waals surface area contributed by atoms with Gasteiger partial charge in [-0.3, -0.25) is 9.89 Å². The lowest BCUT2D eigenvalue weighted by Gasteiger charge is -2.26. The van der Waals surface area contributed by atoms with Crippen LogP contribution in [0.2, 0.25) is 0 Å². The molecule has 7 nitrogen and oxygen atoms in total. The predicted molar refractivity (Wildman–Crippen MR) is 95.8 cm³/mol. The molecule has 0 saturated carbocycles. The molecule has 0 bridgehead atoms. The summed E-state index contributed by atoms with van der Waals surface area (Å²) in [6.07, 6.45) is 2.24. The summed E-state index contributed by atoms with van der Waals surface area (Å²) in [5, 5.41) is 10.2. The van der Waals surface area contributed by atoms with Gasteiger partial charge in [-0.2, -0.15) is 5.10 Å². The van der Waals surface area contributed by atoms with Crippen LogP contribution in [0, 0.1) is 0 Å². The largest absolute Gasteiger partial charge is 0.455 e. The summed E-state index contributed by atoms with van der Waals surface area (Å²) in [4.78, 5) is 16.4. The number of aromatic amines is 1. The van der Waals surface area contributed by atoms with E-state index < -0.39 is 0 Å². The van der Waals surface area contributed by atoms with Crippen molar-refractivity contribution in [3.63, 3.8) is 0 Å². The quantitative estimate of drug-likeness (QED) is 0.648. The average molecular weight is 370 g/mol. The lowest BCUT2D eigenvalue weighted by Crippen LogP contribution is -2.31. The Hall–Kier alpha value is -2.58. The lowest BCUT2D eigenvalue weighted by atomic mass is 9.97. The number of hydrogen-bond donors (Lipinski definition) is 2. The third-order valence-corrected chi connectivity index (χ3v) is 5.07. The van der Waals surface area contributed by atoms with E-state index in [-0.39, 0.29) is 12.0 Å². The van der Waals surface area contributed by atoms with Crippen LogP contribution in [0.1, 0.15) is 33.5 Å². The van der Waals surface area contributed by atoms with Gasteiger partial charge in [0.1, 0.15) is 18.2 Å². The molecule has 3 aromatic rings. The van der Waals surface area contributed by atoms with Gasteiger partial charge in [0.15, 0.2) is 10.9 Å². The number of amides is 1. The van der Waals surface area contributed by atoms with E-state index in [2.05, 4.69) is 32.6 Å². The molecule has 1 aromatic carbocycles. The van der Waals surface area contributed by atoms with Crippen molar-refractivity contribution in [3.05, 3.63) is 65.4 Å². The number of hydrogen-bond acceptors (Lipinski definition) is 6. The highest BCUT2D eigenvalue weighted by Crippen LogP contribution is 2.26. The van der Waals surface area contributed by atoms with Gasteiger partial charge in [-0.15, -0.1) is 0 Å². The molecule has 1 aliphatic heterocycles. The SMILES string of the molecule is O=C(NC[C@H]1OCCc2ccccc21)c1ccc(CSc2ncn[nH]2)o1. The first-order valence-corrected chi connectivity index (χ1v) is 9.32. The van der Waals surface area contributed by atoms with Crippen molar-refractivity contribution in [3.8, 4) is 0 Å². The number of H-pyrrole nitrogens is 1. The molecule has 0 spiro atoms. The molecule has 26 heavy (non-hydrogen) atoms. The number of nitrogens with one attached hydrogen (secondary N) is 2. The Morgan fingerprint density at radius 2 is 2.23 bits per heavy atom. The van der Waals surface area contributed by atoms with Crippen LogP contribution in [0.4, 0.5) is 0 Å². The summed E-state index contributed by atoms with van der Waals surface area (Å²) in [5.74, 6) is 1.33. The number of rotatable bonds is 6. The Balaban J connectivity index is 1.33. The third kappa shape index (κ3) is 3.81. The maximum absolute atomic E-state index is 12.3. The molecular weight excluding hydrogens is 352 g/mol. The fourth-order valence-electron chi connectivity index (χ4n) is 2.90. The highest BCUT2D eigenvalue weighted by atomic mass is 32.2. The zero-order valence-electron chi connectivity index (χ0n) is 14.0. The number of aromatic nitrogens is 3. The number of carbonyl (C=O) groups excluding carboxylic acids is 1. The number of fused-ring (bicyclic) bond motifs is 1. The number of benzene rings is 1. The van der Waals surface area contributed by atoms with Gasteiger partial charge in [0.2, 0.25) is 0 Å². The maximum Gasteiger partial charge on any atom is 0.287 e. The van der Waals surface area contributed by atoms with Gasteiger partial charge in [0.05, 0.1) is 12.4 Å². The van der Waals surface area contributed by atoms with Crippen molar-refractivity contribution in [1.29, 1.82) is 0 Å². The van der Waals surface area contributed by atoms with Crippen molar-refractivity contribution in [2.75, 3.05) is 13.2 Å². The van der Waals surface area contributed by atoms with Gasteiger partial charge in [-0.25, -0.2) is 4.98 Å². The number of furan rings is 1. The minimum Gasteiger partial charge on any atom is -0.455 e. The van der Waals surface area contributed by atoms with Crippen molar-refractivity contribution < 1.29 is 13.9 Å². The second-order valence-corrected chi connectivity index (χ2v) is 6.83. The summed E-state index contributed by atoms with van der Waals surface area (Å²) in [6, 6.07) is 11.7. The topological polar surface area (TPSA) is 93.0 Å². The Morgan fingerprint density at radius 3 is 3.12 bits per heavy atom. The number of thioether (sulfide) groups is 1. The Labute approximate surface area is 154 Å². The zero-order chi connectivity index (χ0) is 17.8. The second-order valence-electron chi connectivity index (χ2n) is 5.86. The number of carbonyl (C=O) groups is 1. The molecule has 2 N–H and O–H groups in total. The Bertz CT molecular complexity index is 878. The monoisotopic (exact) mass is 370 g/mol. The summed E-state index contributed by atoms with van der Waals surface area (Å²) in [7, 11) is 0. The van der Waals surface area contributed by atoms with E-state index in [1.165, 1.54) is 23.7 Å². The van der Waals surface area contributed by atoms with Crippen LogP contribution in [-0.2, 0) is 16.9 Å². The van der Waals surface area contributed by atoms with E-state index in [1.54, 1.807) is 12.1 Å². The van der Waals surface area contributed by atoms with Crippen molar-refractivity contribution in [2.24, 2.45) is 0 Å². The summed E-state index contributed by atoms with van der Waals surface area (Å²) in [6.45, 7) is 1.08. The van der Waals surface area contributed by atoms with Crippen molar-refractivity contribution in [1.82, 2.24) is 20.5 Å². The van der Waals surface area contributed by atoms with Gasteiger partial charge in [-0.1, -0.05) is 36.0 Å². The molecule has 0 saturated heterocycles. The Morgan fingerprint density at radius 1 is 1.31 bits per heavy atom. The van der Waals surface area contributed by atoms with Gasteiger partial charge in [0, 0.05) is 6.54 Å². The first-order chi connectivity index (χ1) is 12.8. The molecule has 0 unspecified atom stereocenters. The fraction of sp³-hybridized carbons (Fsp3) is 0.278. The van der Waals surface area contributed by atoms with Crippen molar-refractivity contribution in [2.45, 2.75) is 23.4 Å². The molecule has 1 atom stereocenters. The van der Waals surface area contributed by atoms with E-state index in [1.807, 2.05) is 12.1 Å². The van der Waals surface area contributed by atoms with Crippen LogP contribution >= 0.6 is 11.8 Å². The lowest BCUT2D eigenvalue weighted by molar-refractivity contribution is 0.0407. The first-order valence-electron chi connectivity index (χ1n) is 8.34. The normalized spacial score (nSPS) is 16.2. The van der Waals surface area contributed by atoms with Crippen LogP contribution in [0.25, 0.3) is 0 Å². The average Bonchev–Trinajstić information content (AvgIpc) is 3.36. The summed E-state index contributed by atoms with van der Waals surface area (Å²) in [5.41, 5.74) is 2.42. The van der Waals surface area contributed by atoms with Gasteiger partial charge in [-0.05, 0) is 29.7 Å². The highest BCUT2D eigenvalue weighted by molar-refractivity contribution is 7.98. The molecule has 134 valence electrons. The van der Waals surface area contributed by atoms with Crippen LogP contribution in [-0.4, -0.2) is 34.2 Å². The number of ether oxygens (including phenoxy) is 1. The fourth-order valence-corrected chi connectivity index (χ4v) is 3.57. The van der Waals surface area contributed by atoms with Crippen LogP contribution in [0.15, 0.2) is 52.3 Å². The molecule has 3 heterocycles. The molecule has 1 aliphatic rings. The van der Waals surface area contributed by atoms with Gasteiger partial charge < -0.3 is 14.5 Å². The van der Waals surface area contributed by atoms with Crippen LogP contribution < -0.4 is 5.32 Å². The van der Waals surface area contributed by atoms with Crippen LogP contribution in [0.5, 0.6) is 0 Å². The number of nitrogens with zero attached hydrogens (tertiary/aromatic N) is 2. The van der Waals surface area contributed by atoms with E-state index in [9.17, 15) is 4.79 Å². The Kier molecular flexibility index (Phi) is 5.03. The summed E-state index contributed by atoms with van der Waals surface area (Å²) >= 11 is 1.46. The first kappa shape index (κ1) is 16.9. The molecule has 2 aromatic heterocycles. The van der Waals surface area contributed by atoms with E-state index in [0.717, 1.165) is 12.0 Å². The van der Waals surface area contributed by atoms with Crippen molar-refractivity contribution >= 4 is 17.7 Å². The molecule has 4 rings (SSSR count). The highest BCUT2D eigenvalue weighted by Gasteiger charge is 2.21. The van der Waals surface area contributed by atoms with E-state index >= 15 is 0 Å². The zero-order valence-corrected chi connectivity index (χ0v) is 14.8. The maximum atomic E-state index is 12.3. The van der Waals surface area contributed by atoms with Gasteiger partial charge in [0.25, 0.3) is 5.91 Å². The minimum atomic E-state index is -0.243. The molecule has 0 aliphatic carbocycles. The summed E-state index contributed by atoms with van der Waals surface area (Å²) < 4.78 is 11.4. The third-order valence-electron chi connectivity index (χ3n) is 4.17. The molecule has 1 amide bonds.